The van der Waals surface area contributed by atoms with Crippen molar-refractivity contribution in [3.63, 3.8) is 0 Å². The minimum atomic E-state index is 0.0266. The zero-order valence-electron chi connectivity index (χ0n) is 17.4. The highest BCUT2D eigenvalue weighted by Crippen LogP contribution is 2.24. The molecule has 0 spiro atoms. The average molecular weight is 380 g/mol. The fraction of sp³-hybridized carbons (Fsp3) is 0.458. The van der Waals surface area contributed by atoms with E-state index in [-0.39, 0.29) is 6.03 Å². The third-order valence-corrected chi connectivity index (χ3v) is 5.78. The molecular formula is C24H33N3O. The lowest BCUT2D eigenvalue weighted by molar-refractivity contribution is 0.134. The third kappa shape index (κ3) is 5.14. The van der Waals surface area contributed by atoms with Crippen LogP contribution in [-0.2, 0) is 6.54 Å². The number of nitrogens with one attached hydrogen (secondary N) is 1. The van der Waals surface area contributed by atoms with E-state index in [1.807, 2.05) is 18.0 Å². The number of nitrogens with zero attached hydrogens (tertiary/aromatic N) is 2. The fourth-order valence-electron chi connectivity index (χ4n) is 4.09. The number of benzene rings is 2. The maximum absolute atomic E-state index is 12.6. The lowest BCUT2D eigenvalue weighted by atomic mass is 9.98. The molecule has 0 unspecified atom stereocenters. The smallest absolute Gasteiger partial charge is 0.317 e. The Bertz CT molecular complexity index is 767. The molecule has 28 heavy (non-hydrogen) atoms. The van der Waals surface area contributed by atoms with Crippen LogP contribution in [0.3, 0.4) is 0 Å². The molecule has 1 N–H and O–H groups in total. The summed E-state index contributed by atoms with van der Waals surface area (Å²) >= 11 is 0. The molecule has 2 aromatic carbocycles. The van der Waals surface area contributed by atoms with Crippen LogP contribution in [-0.4, -0.2) is 48.6 Å². The van der Waals surface area contributed by atoms with E-state index in [1.165, 1.54) is 29.7 Å². The molecule has 1 saturated heterocycles. The monoisotopic (exact) mass is 379 g/mol. The summed E-state index contributed by atoms with van der Waals surface area (Å²) in [6.45, 7) is 8.27. The van der Waals surface area contributed by atoms with Gasteiger partial charge in [-0.2, -0.15) is 0 Å². The summed E-state index contributed by atoms with van der Waals surface area (Å²) in [7, 11) is 1.93. The summed E-state index contributed by atoms with van der Waals surface area (Å²) in [5.74, 6) is 0. The minimum Gasteiger partial charge on any atom is -0.334 e. The second kappa shape index (κ2) is 9.74. The molecule has 3 rings (SSSR count). The van der Waals surface area contributed by atoms with Gasteiger partial charge in [-0.15, -0.1) is 0 Å². The van der Waals surface area contributed by atoms with Crippen LogP contribution in [0, 0.1) is 6.92 Å². The van der Waals surface area contributed by atoms with Crippen LogP contribution < -0.4 is 5.32 Å². The Balaban J connectivity index is 1.52. The van der Waals surface area contributed by atoms with E-state index in [1.54, 1.807) is 0 Å². The number of likely N-dealkylation sites (tertiary alicyclic amines) is 1. The van der Waals surface area contributed by atoms with Crippen molar-refractivity contribution >= 4 is 6.03 Å². The zero-order chi connectivity index (χ0) is 19.9. The van der Waals surface area contributed by atoms with E-state index in [0.717, 1.165) is 31.5 Å². The highest BCUT2D eigenvalue weighted by atomic mass is 16.2. The standard InChI is InChI=1S/C24H33N3O/c1-4-14-27-15-12-22(13-16-27)26(3)24(28)25-18-20-10-11-23(19(2)17-20)21-8-6-5-7-9-21/h5-11,17,22H,4,12-16,18H2,1-3H3,(H,25,28). The average Bonchev–Trinajstić information content (AvgIpc) is 2.73. The summed E-state index contributed by atoms with van der Waals surface area (Å²) in [5.41, 5.74) is 4.84. The number of urea groups is 1. The summed E-state index contributed by atoms with van der Waals surface area (Å²) in [4.78, 5) is 17.0. The van der Waals surface area contributed by atoms with Gasteiger partial charge in [0.1, 0.15) is 0 Å². The number of hydrogen-bond donors (Lipinski definition) is 1. The van der Waals surface area contributed by atoms with Gasteiger partial charge in [0.15, 0.2) is 0 Å². The zero-order valence-corrected chi connectivity index (χ0v) is 17.4. The van der Waals surface area contributed by atoms with Gasteiger partial charge in [-0.1, -0.05) is 55.5 Å². The maximum atomic E-state index is 12.6. The highest BCUT2D eigenvalue weighted by molar-refractivity contribution is 5.74. The van der Waals surface area contributed by atoms with Crippen LogP contribution in [0.15, 0.2) is 48.5 Å². The first-order valence-electron chi connectivity index (χ1n) is 10.5. The van der Waals surface area contributed by atoms with Gasteiger partial charge in [-0.05, 0) is 55.0 Å². The SMILES string of the molecule is CCCN1CCC(N(C)C(=O)NCc2ccc(-c3ccccc3)c(C)c2)CC1. The first kappa shape index (κ1) is 20.4. The molecule has 150 valence electrons. The van der Waals surface area contributed by atoms with Gasteiger partial charge in [0.05, 0.1) is 0 Å². The molecule has 0 aromatic heterocycles. The molecule has 1 heterocycles. The van der Waals surface area contributed by atoms with E-state index in [9.17, 15) is 4.79 Å². The Morgan fingerprint density at radius 1 is 1.14 bits per heavy atom. The molecule has 0 aliphatic carbocycles. The number of aryl methyl sites for hydroxylation is 1. The molecule has 1 fully saturated rings. The molecule has 1 aliphatic heterocycles. The molecule has 4 nitrogen and oxygen atoms in total. The van der Waals surface area contributed by atoms with Crippen LogP contribution in [0.2, 0.25) is 0 Å². The molecule has 4 heteroatoms. The predicted molar refractivity (Wildman–Crippen MR) is 116 cm³/mol. The van der Waals surface area contributed by atoms with Gasteiger partial charge in [-0.3, -0.25) is 0 Å². The molecule has 0 radical (unpaired) electrons. The molecule has 2 amide bonds. The Kier molecular flexibility index (Phi) is 7.10. The summed E-state index contributed by atoms with van der Waals surface area (Å²) in [6, 6.07) is 17.2. The first-order chi connectivity index (χ1) is 13.6. The van der Waals surface area contributed by atoms with Crippen molar-refractivity contribution in [2.75, 3.05) is 26.7 Å². The lowest BCUT2D eigenvalue weighted by Crippen LogP contribution is -2.48. The largest absolute Gasteiger partial charge is 0.334 e. The van der Waals surface area contributed by atoms with Crippen LogP contribution in [0.25, 0.3) is 11.1 Å². The molecule has 0 saturated carbocycles. The normalized spacial score (nSPS) is 15.4. The van der Waals surface area contributed by atoms with E-state index < -0.39 is 0 Å². The number of carbonyl (C=O) groups excluding carboxylic acids is 1. The van der Waals surface area contributed by atoms with Crippen LogP contribution in [0.1, 0.15) is 37.3 Å². The Morgan fingerprint density at radius 2 is 1.86 bits per heavy atom. The fourth-order valence-corrected chi connectivity index (χ4v) is 4.09. The number of hydrogen-bond acceptors (Lipinski definition) is 2. The summed E-state index contributed by atoms with van der Waals surface area (Å²) in [5, 5.41) is 3.09. The van der Waals surface area contributed by atoms with Crippen molar-refractivity contribution in [2.24, 2.45) is 0 Å². The van der Waals surface area contributed by atoms with Gasteiger partial charge in [-0.25, -0.2) is 4.79 Å². The van der Waals surface area contributed by atoms with E-state index in [0.29, 0.717) is 12.6 Å². The van der Waals surface area contributed by atoms with Crippen molar-refractivity contribution in [3.8, 4) is 11.1 Å². The minimum absolute atomic E-state index is 0.0266. The number of rotatable bonds is 6. The number of amides is 2. The molecular weight excluding hydrogens is 346 g/mol. The van der Waals surface area contributed by atoms with Crippen molar-refractivity contribution in [3.05, 3.63) is 59.7 Å². The van der Waals surface area contributed by atoms with Gasteiger partial charge < -0.3 is 15.1 Å². The Hall–Kier alpha value is -2.33. The highest BCUT2D eigenvalue weighted by Gasteiger charge is 2.24. The second-order valence-electron chi connectivity index (χ2n) is 7.86. The van der Waals surface area contributed by atoms with Gasteiger partial charge in [0.25, 0.3) is 0 Å². The molecule has 0 atom stereocenters. The topological polar surface area (TPSA) is 35.6 Å². The van der Waals surface area contributed by atoms with Crippen molar-refractivity contribution in [1.82, 2.24) is 15.1 Å². The molecule has 2 aromatic rings. The van der Waals surface area contributed by atoms with Crippen molar-refractivity contribution < 1.29 is 4.79 Å². The van der Waals surface area contributed by atoms with E-state index >= 15 is 0 Å². The van der Waals surface area contributed by atoms with Crippen molar-refractivity contribution in [2.45, 2.75) is 45.7 Å². The van der Waals surface area contributed by atoms with E-state index in [4.69, 9.17) is 0 Å². The molecule has 1 aliphatic rings. The van der Waals surface area contributed by atoms with Crippen LogP contribution >= 0.6 is 0 Å². The first-order valence-corrected chi connectivity index (χ1v) is 10.5. The Labute approximate surface area is 169 Å². The Morgan fingerprint density at radius 3 is 2.50 bits per heavy atom. The predicted octanol–water partition coefficient (Wildman–Crippen LogP) is 4.68. The second-order valence-corrected chi connectivity index (χ2v) is 7.86. The summed E-state index contributed by atoms with van der Waals surface area (Å²) < 4.78 is 0. The van der Waals surface area contributed by atoms with Gasteiger partial charge in [0.2, 0.25) is 0 Å². The third-order valence-electron chi connectivity index (χ3n) is 5.78. The van der Waals surface area contributed by atoms with Gasteiger partial charge in [0, 0.05) is 32.7 Å². The van der Waals surface area contributed by atoms with Crippen molar-refractivity contribution in [1.29, 1.82) is 0 Å². The lowest BCUT2D eigenvalue weighted by Gasteiger charge is -2.36. The van der Waals surface area contributed by atoms with Gasteiger partial charge >= 0.3 is 6.03 Å². The quantitative estimate of drug-likeness (QED) is 0.791. The number of piperidine rings is 1. The summed E-state index contributed by atoms with van der Waals surface area (Å²) in [6.07, 6.45) is 3.33. The van der Waals surface area contributed by atoms with E-state index in [2.05, 4.69) is 66.5 Å². The van der Waals surface area contributed by atoms with Crippen LogP contribution in [0.4, 0.5) is 4.79 Å². The maximum Gasteiger partial charge on any atom is 0.317 e. The number of carbonyl (C=O) groups is 1. The molecule has 0 bridgehead atoms. The van der Waals surface area contributed by atoms with Crippen LogP contribution in [0.5, 0.6) is 0 Å².